The third kappa shape index (κ3) is 5.62. The summed E-state index contributed by atoms with van der Waals surface area (Å²) in [6.07, 6.45) is 5.22. The monoisotopic (exact) mass is 562 g/mol. The van der Waals surface area contributed by atoms with Gasteiger partial charge in [-0.25, -0.2) is 0 Å². The molecule has 0 bridgehead atoms. The fourth-order valence-electron chi connectivity index (χ4n) is 4.02. The molecule has 0 spiro atoms. The second-order valence-electron chi connectivity index (χ2n) is 7.66. The SMILES string of the molecule is CCNC(=NCC1(c2ccc(Br)cc2)CCC1)NC1CCN(C(=O)CC)C1.I. The number of hydrogen-bond donors (Lipinski definition) is 2. The molecule has 7 heteroatoms. The number of nitrogens with zero attached hydrogens (tertiary/aromatic N) is 2. The summed E-state index contributed by atoms with van der Waals surface area (Å²) < 4.78 is 1.12. The van der Waals surface area contributed by atoms with Gasteiger partial charge in [-0.15, -0.1) is 24.0 Å². The average Bonchev–Trinajstić information content (AvgIpc) is 3.10. The maximum absolute atomic E-state index is 11.9. The van der Waals surface area contributed by atoms with E-state index in [1.807, 2.05) is 11.8 Å². The number of amides is 1. The third-order valence-corrected chi connectivity index (χ3v) is 6.36. The fraction of sp³-hybridized carbons (Fsp3) is 0.619. The van der Waals surface area contributed by atoms with Crippen molar-refractivity contribution in [2.24, 2.45) is 4.99 Å². The van der Waals surface area contributed by atoms with Crippen LogP contribution in [0.2, 0.25) is 0 Å². The Kier molecular flexibility index (Phi) is 9.05. The van der Waals surface area contributed by atoms with Crippen LogP contribution in [0.25, 0.3) is 0 Å². The van der Waals surface area contributed by atoms with Gasteiger partial charge in [0.15, 0.2) is 5.96 Å². The molecule has 5 nitrogen and oxygen atoms in total. The second kappa shape index (κ2) is 10.8. The van der Waals surface area contributed by atoms with E-state index in [4.69, 9.17) is 4.99 Å². The molecular formula is C21H32BrIN4O. The minimum absolute atomic E-state index is 0. The minimum Gasteiger partial charge on any atom is -0.357 e. The summed E-state index contributed by atoms with van der Waals surface area (Å²) in [6.45, 7) is 7.26. The van der Waals surface area contributed by atoms with Crippen molar-refractivity contribution < 1.29 is 4.79 Å². The molecule has 1 saturated carbocycles. The van der Waals surface area contributed by atoms with Crippen molar-refractivity contribution in [3.05, 3.63) is 34.3 Å². The molecule has 1 unspecified atom stereocenters. The molecule has 156 valence electrons. The molecular weight excluding hydrogens is 531 g/mol. The Balaban J connectivity index is 0.00000280. The predicted molar refractivity (Wildman–Crippen MR) is 129 cm³/mol. The fourth-order valence-corrected chi connectivity index (χ4v) is 4.28. The molecule has 28 heavy (non-hydrogen) atoms. The van der Waals surface area contributed by atoms with Crippen molar-refractivity contribution in [3.8, 4) is 0 Å². The number of guanidine groups is 1. The first kappa shape index (κ1) is 23.4. The molecule has 0 aromatic heterocycles. The van der Waals surface area contributed by atoms with Gasteiger partial charge in [-0.1, -0.05) is 41.4 Å². The van der Waals surface area contributed by atoms with Crippen LogP contribution >= 0.6 is 39.9 Å². The number of likely N-dealkylation sites (tertiary alicyclic amines) is 1. The van der Waals surface area contributed by atoms with E-state index in [1.54, 1.807) is 0 Å². The zero-order valence-corrected chi connectivity index (χ0v) is 20.8. The number of nitrogens with one attached hydrogen (secondary N) is 2. The maximum Gasteiger partial charge on any atom is 0.222 e. The average molecular weight is 563 g/mol. The Morgan fingerprint density at radius 3 is 2.57 bits per heavy atom. The van der Waals surface area contributed by atoms with E-state index >= 15 is 0 Å². The number of aliphatic imine (C=N–C) groups is 1. The minimum atomic E-state index is 0. The van der Waals surface area contributed by atoms with E-state index in [1.165, 1.54) is 24.8 Å². The van der Waals surface area contributed by atoms with Gasteiger partial charge in [0.05, 0.1) is 6.54 Å². The summed E-state index contributed by atoms with van der Waals surface area (Å²) >= 11 is 3.53. The Morgan fingerprint density at radius 2 is 2.00 bits per heavy atom. The highest BCUT2D eigenvalue weighted by Crippen LogP contribution is 2.44. The first-order valence-electron chi connectivity index (χ1n) is 10.1. The molecule has 3 rings (SSSR count). The lowest BCUT2D eigenvalue weighted by atomic mass is 9.64. The number of halogens is 2. The topological polar surface area (TPSA) is 56.7 Å². The van der Waals surface area contributed by atoms with Crippen LogP contribution in [0.4, 0.5) is 0 Å². The molecule has 1 aliphatic heterocycles. The van der Waals surface area contributed by atoms with Crippen molar-refractivity contribution in [3.63, 3.8) is 0 Å². The number of benzene rings is 1. The number of carbonyl (C=O) groups excluding carboxylic acids is 1. The Bertz CT molecular complexity index is 675. The van der Waals surface area contributed by atoms with Gasteiger partial charge >= 0.3 is 0 Å². The van der Waals surface area contributed by atoms with Gasteiger partial charge in [0, 0.05) is 42.0 Å². The summed E-state index contributed by atoms with van der Waals surface area (Å²) in [5.74, 6) is 1.11. The van der Waals surface area contributed by atoms with Crippen molar-refractivity contribution >= 4 is 51.8 Å². The maximum atomic E-state index is 11.9. The van der Waals surface area contributed by atoms with Gasteiger partial charge < -0.3 is 15.5 Å². The smallest absolute Gasteiger partial charge is 0.222 e. The highest BCUT2D eigenvalue weighted by atomic mass is 127. The highest BCUT2D eigenvalue weighted by Gasteiger charge is 2.38. The van der Waals surface area contributed by atoms with Crippen molar-refractivity contribution in [1.82, 2.24) is 15.5 Å². The van der Waals surface area contributed by atoms with Crippen LogP contribution in [0.1, 0.15) is 51.5 Å². The van der Waals surface area contributed by atoms with Crippen LogP contribution < -0.4 is 10.6 Å². The lowest BCUT2D eigenvalue weighted by molar-refractivity contribution is -0.129. The van der Waals surface area contributed by atoms with Gasteiger partial charge in [0.25, 0.3) is 0 Å². The molecule has 0 radical (unpaired) electrons. The zero-order valence-electron chi connectivity index (χ0n) is 16.8. The summed E-state index contributed by atoms with van der Waals surface area (Å²) in [5.41, 5.74) is 1.56. The molecule has 1 aliphatic carbocycles. The first-order chi connectivity index (χ1) is 13.1. The van der Waals surface area contributed by atoms with Crippen molar-refractivity contribution in [2.45, 2.75) is 57.4 Å². The van der Waals surface area contributed by atoms with Crippen LogP contribution in [0.15, 0.2) is 33.7 Å². The predicted octanol–water partition coefficient (Wildman–Crippen LogP) is 4.05. The molecule has 1 aromatic rings. The normalized spacial score (nSPS) is 20.9. The van der Waals surface area contributed by atoms with Crippen LogP contribution in [0.5, 0.6) is 0 Å². The second-order valence-corrected chi connectivity index (χ2v) is 8.57. The van der Waals surface area contributed by atoms with Crippen LogP contribution in [-0.2, 0) is 10.2 Å². The molecule has 2 N–H and O–H groups in total. The Labute approximate surface area is 194 Å². The number of carbonyl (C=O) groups is 1. The zero-order chi connectivity index (χ0) is 19.3. The van der Waals surface area contributed by atoms with Gasteiger partial charge in [-0.3, -0.25) is 9.79 Å². The van der Waals surface area contributed by atoms with Crippen molar-refractivity contribution in [1.29, 1.82) is 0 Å². The van der Waals surface area contributed by atoms with E-state index in [2.05, 4.69) is 57.8 Å². The van der Waals surface area contributed by atoms with Crippen molar-refractivity contribution in [2.75, 3.05) is 26.2 Å². The van der Waals surface area contributed by atoms with Gasteiger partial charge in [-0.05, 0) is 43.9 Å². The summed E-state index contributed by atoms with van der Waals surface area (Å²) in [4.78, 5) is 18.8. The van der Waals surface area contributed by atoms with Gasteiger partial charge in [-0.2, -0.15) is 0 Å². The molecule has 1 saturated heterocycles. The van der Waals surface area contributed by atoms with E-state index in [9.17, 15) is 4.79 Å². The van der Waals surface area contributed by atoms with Gasteiger partial charge in [0.2, 0.25) is 5.91 Å². The highest BCUT2D eigenvalue weighted by molar-refractivity contribution is 14.0. The van der Waals surface area contributed by atoms with Crippen LogP contribution in [0.3, 0.4) is 0 Å². The van der Waals surface area contributed by atoms with Crippen LogP contribution in [0, 0.1) is 0 Å². The van der Waals surface area contributed by atoms with Crippen LogP contribution in [-0.4, -0.2) is 49.0 Å². The summed E-state index contributed by atoms with van der Waals surface area (Å²) in [5, 5.41) is 6.92. The summed E-state index contributed by atoms with van der Waals surface area (Å²) in [6, 6.07) is 8.98. The molecule has 1 heterocycles. The number of hydrogen-bond acceptors (Lipinski definition) is 2. The lowest BCUT2D eigenvalue weighted by Crippen LogP contribution is -2.46. The molecule has 1 atom stereocenters. The van der Waals surface area contributed by atoms with E-state index in [-0.39, 0.29) is 41.3 Å². The Hall–Kier alpha value is -0.830. The largest absolute Gasteiger partial charge is 0.357 e. The standard InChI is InChI=1S/C21H31BrN4O.HI/c1-3-19(27)26-13-10-18(14-26)25-20(23-4-2)24-15-21(11-5-12-21)16-6-8-17(22)9-7-16;/h6-9,18H,3-5,10-15H2,1-2H3,(H2,23,24,25);1H. The molecule has 2 aliphatic rings. The number of rotatable bonds is 6. The molecule has 1 amide bonds. The van der Waals surface area contributed by atoms with Gasteiger partial charge in [0.1, 0.15) is 0 Å². The molecule has 1 aromatic carbocycles. The third-order valence-electron chi connectivity index (χ3n) is 5.84. The molecule has 2 fully saturated rings. The Morgan fingerprint density at radius 1 is 1.29 bits per heavy atom. The summed E-state index contributed by atoms with van der Waals surface area (Å²) in [7, 11) is 0. The lowest BCUT2D eigenvalue weighted by Gasteiger charge is -2.41. The van der Waals surface area contributed by atoms with E-state index < -0.39 is 0 Å². The first-order valence-corrected chi connectivity index (χ1v) is 10.9. The van der Waals surface area contributed by atoms with E-state index in [0.29, 0.717) is 6.42 Å². The quantitative estimate of drug-likeness (QED) is 0.312. The van der Waals surface area contributed by atoms with E-state index in [0.717, 1.165) is 43.0 Å².